The van der Waals surface area contributed by atoms with E-state index >= 15 is 0 Å². The molecule has 1 saturated heterocycles. The first kappa shape index (κ1) is 21.7. The Labute approximate surface area is 183 Å². The second kappa shape index (κ2) is 8.93. The molecule has 4 rings (SSSR count). The van der Waals surface area contributed by atoms with E-state index in [-0.39, 0.29) is 28.5 Å². The summed E-state index contributed by atoms with van der Waals surface area (Å²) < 4.78 is 27.3. The van der Waals surface area contributed by atoms with Gasteiger partial charge in [0.25, 0.3) is 0 Å². The fourth-order valence-electron chi connectivity index (χ4n) is 4.56. The zero-order valence-corrected chi connectivity index (χ0v) is 18.5. The van der Waals surface area contributed by atoms with Crippen molar-refractivity contribution in [1.29, 1.82) is 0 Å². The number of sulfonamides is 1. The number of ketones is 1. The summed E-state index contributed by atoms with van der Waals surface area (Å²) in [5, 5.41) is 3.21. The lowest BCUT2D eigenvalue weighted by Crippen LogP contribution is -2.44. The fourth-order valence-corrected chi connectivity index (χ4v) is 6.03. The summed E-state index contributed by atoms with van der Waals surface area (Å²) in [6.45, 7) is 2.08. The van der Waals surface area contributed by atoms with Crippen LogP contribution >= 0.6 is 0 Å². The number of Topliss-reactive ketones (excluding diaryl/α,β-unsaturated/α-hetero) is 1. The van der Waals surface area contributed by atoms with Crippen LogP contribution in [0.2, 0.25) is 0 Å². The maximum Gasteiger partial charge on any atom is 0.243 e. The Bertz CT molecular complexity index is 1070. The Morgan fingerprint density at radius 3 is 2.32 bits per heavy atom. The minimum absolute atomic E-state index is 0.0181. The van der Waals surface area contributed by atoms with Crippen molar-refractivity contribution in [2.45, 2.75) is 50.0 Å². The highest BCUT2D eigenvalue weighted by atomic mass is 32.2. The second-order valence-corrected chi connectivity index (χ2v) is 10.3. The molecule has 164 valence electrons. The first-order valence-electron chi connectivity index (χ1n) is 10.9. The van der Waals surface area contributed by atoms with Gasteiger partial charge in [-0.15, -0.1) is 0 Å². The predicted molar refractivity (Wildman–Crippen MR) is 118 cm³/mol. The highest BCUT2D eigenvalue weighted by Crippen LogP contribution is 2.31. The number of amides is 1. The minimum Gasteiger partial charge on any atom is -0.349 e. The summed E-state index contributed by atoms with van der Waals surface area (Å²) in [6, 6.07) is 14.3. The predicted octanol–water partition coefficient (Wildman–Crippen LogP) is 3.48. The number of carbonyl (C=O) groups is 2. The smallest absolute Gasteiger partial charge is 0.243 e. The topological polar surface area (TPSA) is 83.6 Å². The third-order valence-corrected chi connectivity index (χ3v) is 8.32. The van der Waals surface area contributed by atoms with E-state index in [1.807, 2.05) is 12.1 Å². The fraction of sp³-hybridized carbons (Fsp3) is 0.417. The van der Waals surface area contributed by atoms with E-state index in [4.69, 9.17) is 0 Å². The molecule has 1 N–H and O–H groups in total. The molecule has 2 aromatic carbocycles. The lowest BCUT2D eigenvalue weighted by atomic mass is 9.87. The molecule has 0 spiro atoms. The number of nitrogens with zero attached hydrogens (tertiary/aromatic N) is 1. The second-order valence-electron chi connectivity index (χ2n) is 8.41. The van der Waals surface area contributed by atoms with Gasteiger partial charge in [-0.1, -0.05) is 36.4 Å². The molecular weight excluding hydrogens is 412 g/mol. The summed E-state index contributed by atoms with van der Waals surface area (Å²) in [7, 11) is -3.63. The third-order valence-electron chi connectivity index (χ3n) is 6.41. The van der Waals surface area contributed by atoms with Crippen molar-refractivity contribution in [2.24, 2.45) is 5.92 Å². The van der Waals surface area contributed by atoms with Crippen molar-refractivity contribution in [3.8, 4) is 0 Å². The van der Waals surface area contributed by atoms with Gasteiger partial charge in [-0.05, 0) is 62.3 Å². The number of nitrogens with one attached hydrogen (secondary N) is 1. The standard InChI is InChI=1S/C24H28N2O4S/c1-17(27)18-9-11-21(12-10-18)31(29,30)26-15-13-20(14-16-26)24(28)25-23-8-4-6-19-5-2-3-7-22(19)23/h2-3,5,7,9-12,20,23H,4,6,8,13-16H2,1H3,(H,25,28). The van der Waals surface area contributed by atoms with Gasteiger partial charge >= 0.3 is 0 Å². The number of fused-ring (bicyclic) bond motifs is 1. The molecule has 7 heteroatoms. The van der Waals surface area contributed by atoms with Gasteiger partial charge in [-0.25, -0.2) is 8.42 Å². The number of aryl methyl sites for hydroxylation is 1. The van der Waals surface area contributed by atoms with Crippen LogP contribution in [0.4, 0.5) is 0 Å². The van der Waals surface area contributed by atoms with Crippen molar-refractivity contribution in [2.75, 3.05) is 13.1 Å². The van der Waals surface area contributed by atoms with Crippen molar-refractivity contribution >= 4 is 21.7 Å². The number of benzene rings is 2. The van der Waals surface area contributed by atoms with Crippen LogP contribution in [0.15, 0.2) is 53.4 Å². The third kappa shape index (κ3) is 4.57. The lowest BCUT2D eigenvalue weighted by Gasteiger charge is -2.32. The average molecular weight is 441 g/mol. The summed E-state index contributed by atoms with van der Waals surface area (Å²) >= 11 is 0. The van der Waals surface area contributed by atoms with E-state index in [9.17, 15) is 18.0 Å². The van der Waals surface area contributed by atoms with Crippen molar-refractivity contribution in [1.82, 2.24) is 9.62 Å². The van der Waals surface area contributed by atoms with Crippen LogP contribution in [0.5, 0.6) is 0 Å². The lowest BCUT2D eigenvalue weighted by molar-refractivity contribution is -0.127. The van der Waals surface area contributed by atoms with Crippen LogP contribution in [0.25, 0.3) is 0 Å². The van der Waals surface area contributed by atoms with Crippen LogP contribution < -0.4 is 5.32 Å². The number of piperidine rings is 1. The van der Waals surface area contributed by atoms with Gasteiger partial charge in [-0.2, -0.15) is 4.31 Å². The molecule has 0 bridgehead atoms. The van der Waals surface area contributed by atoms with Crippen LogP contribution in [-0.4, -0.2) is 37.5 Å². The molecule has 1 heterocycles. The molecule has 1 aliphatic heterocycles. The minimum atomic E-state index is -3.63. The Morgan fingerprint density at radius 2 is 1.65 bits per heavy atom. The molecule has 6 nitrogen and oxygen atoms in total. The SMILES string of the molecule is CC(=O)c1ccc(S(=O)(=O)N2CCC(C(=O)NC3CCCc4ccccc43)CC2)cc1. The molecular formula is C24H28N2O4S. The van der Waals surface area contributed by atoms with Crippen LogP contribution in [0, 0.1) is 5.92 Å². The quantitative estimate of drug-likeness (QED) is 0.722. The van der Waals surface area contributed by atoms with Crippen LogP contribution in [-0.2, 0) is 21.2 Å². The van der Waals surface area contributed by atoms with Gasteiger partial charge < -0.3 is 5.32 Å². The first-order valence-corrected chi connectivity index (χ1v) is 12.3. The van der Waals surface area contributed by atoms with Crippen LogP contribution in [0.1, 0.15) is 60.1 Å². The molecule has 0 radical (unpaired) electrons. The van der Waals surface area contributed by atoms with Gasteiger partial charge in [0.15, 0.2) is 5.78 Å². The summed E-state index contributed by atoms with van der Waals surface area (Å²) in [5.74, 6) is -0.262. The van der Waals surface area contributed by atoms with E-state index in [0.717, 1.165) is 19.3 Å². The number of rotatable bonds is 5. The molecule has 1 atom stereocenters. The highest BCUT2D eigenvalue weighted by molar-refractivity contribution is 7.89. The van der Waals surface area contributed by atoms with Gasteiger partial charge in [0.1, 0.15) is 0 Å². The van der Waals surface area contributed by atoms with E-state index < -0.39 is 10.0 Å². The van der Waals surface area contributed by atoms with Gasteiger partial charge in [0.05, 0.1) is 10.9 Å². The first-order chi connectivity index (χ1) is 14.9. The maximum absolute atomic E-state index is 12.9. The van der Waals surface area contributed by atoms with Gasteiger partial charge in [0, 0.05) is 24.6 Å². The van der Waals surface area contributed by atoms with Crippen molar-refractivity contribution in [3.63, 3.8) is 0 Å². The Hall–Kier alpha value is -2.51. The van der Waals surface area contributed by atoms with E-state index in [1.54, 1.807) is 0 Å². The Kier molecular flexibility index (Phi) is 6.25. The maximum atomic E-state index is 12.9. The monoisotopic (exact) mass is 440 g/mol. The number of hydrogen-bond acceptors (Lipinski definition) is 4. The summed E-state index contributed by atoms with van der Waals surface area (Å²) in [6.07, 6.45) is 4.05. The van der Waals surface area contributed by atoms with Crippen molar-refractivity contribution in [3.05, 3.63) is 65.2 Å². The van der Waals surface area contributed by atoms with Crippen LogP contribution in [0.3, 0.4) is 0 Å². The number of hydrogen-bond donors (Lipinski definition) is 1. The highest BCUT2D eigenvalue weighted by Gasteiger charge is 2.33. The molecule has 0 aromatic heterocycles. The molecule has 1 aliphatic carbocycles. The van der Waals surface area contributed by atoms with Gasteiger partial charge in [0.2, 0.25) is 15.9 Å². The summed E-state index contributed by atoms with van der Waals surface area (Å²) in [5.41, 5.74) is 2.99. The Balaban J connectivity index is 1.37. The van der Waals surface area contributed by atoms with E-state index in [2.05, 4.69) is 17.4 Å². The average Bonchev–Trinajstić information content (AvgIpc) is 2.79. The molecule has 2 aromatic rings. The normalized spacial score (nSPS) is 20.1. The van der Waals surface area contributed by atoms with E-state index in [1.165, 1.54) is 46.6 Å². The molecule has 1 unspecified atom stereocenters. The Morgan fingerprint density at radius 1 is 0.968 bits per heavy atom. The zero-order valence-electron chi connectivity index (χ0n) is 17.7. The van der Waals surface area contributed by atoms with Gasteiger partial charge in [-0.3, -0.25) is 9.59 Å². The summed E-state index contributed by atoms with van der Waals surface area (Å²) in [4.78, 5) is 24.5. The molecule has 0 saturated carbocycles. The molecule has 1 fully saturated rings. The molecule has 31 heavy (non-hydrogen) atoms. The largest absolute Gasteiger partial charge is 0.349 e. The molecule has 1 amide bonds. The van der Waals surface area contributed by atoms with Crippen molar-refractivity contribution < 1.29 is 18.0 Å². The van der Waals surface area contributed by atoms with E-state index in [0.29, 0.717) is 31.5 Å². The number of carbonyl (C=O) groups excluding carboxylic acids is 2. The zero-order chi connectivity index (χ0) is 22.0. The molecule has 2 aliphatic rings.